The highest BCUT2D eigenvalue weighted by Gasteiger charge is 2.16. The molecule has 2 aromatic heterocycles. The van der Waals surface area contributed by atoms with Crippen LogP contribution in [0.1, 0.15) is 0 Å². The molecule has 0 saturated carbocycles. The van der Waals surface area contributed by atoms with E-state index in [9.17, 15) is 5.11 Å². The fraction of sp³-hybridized carbons (Fsp3) is 0. The molecule has 0 aliphatic rings. The minimum Gasteiger partial charge on any atom is -0.505 e. The Morgan fingerprint density at radius 2 is 1.32 bits per heavy atom. The smallest absolute Gasteiger partial charge is 0.149 e. The summed E-state index contributed by atoms with van der Waals surface area (Å²) >= 11 is 1.72. The summed E-state index contributed by atoms with van der Waals surface area (Å²) in [4.78, 5) is 9.28. The van der Waals surface area contributed by atoms with Crippen LogP contribution < -0.4 is 0 Å². The molecule has 0 saturated heterocycles. The monoisotopic (exact) mass is 530 g/mol. The van der Waals surface area contributed by atoms with Crippen LogP contribution in [0.3, 0.4) is 0 Å². The van der Waals surface area contributed by atoms with E-state index in [1.807, 2.05) is 30.3 Å². The van der Waals surface area contributed by atoms with Gasteiger partial charge < -0.3 is 5.11 Å². The molecule has 40 heavy (non-hydrogen) atoms. The highest BCUT2D eigenvalue weighted by molar-refractivity contribution is 7.21. The van der Waals surface area contributed by atoms with E-state index < -0.39 is 0 Å². The van der Waals surface area contributed by atoms with Crippen molar-refractivity contribution in [1.82, 2.24) is 9.97 Å². The van der Waals surface area contributed by atoms with Gasteiger partial charge in [0.2, 0.25) is 0 Å². The molecule has 0 fully saturated rings. The van der Waals surface area contributed by atoms with Crippen LogP contribution in [-0.2, 0) is 0 Å². The molecule has 2 heterocycles. The third kappa shape index (κ3) is 3.65. The van der Waals surface area contributed by atoms with Crippen molar-refractivity contribution < 1.29 is 5.11 Å². The SMILES string of the molecule is Oc1c(-c2c3ccccc3cc3cc(-c4ccc(-c5nc6ccccc6s5)cc4)ccc23)ccc2cccnc12. The maximum atomic E-state index is 11.4. The van der Waals surface area contributed by atoms with Crippen molar-refractivity contribution in [1.29, 1.82) is 0 Å². The number of para-hydroxylation sites is 1. The van der Waals surface area contributed by atoms with E-state index in [1.54, 1.807) is 17.5 Å². The molecule has 6 aromatic carbocycles. The van der Waals surface area contributed by atoms with Crippen molar-refractivity contribution >= 4 is 54.0 Å². The first-order valence-corrected chi connectivity index (χ1v) is 14.0. The summed E-state index contributed by atoms with van der Waals surface area (Å²) in [7, 11) is 0. The topological polar surface area (TPSA) is 46.0 Å². The van der Waals surface area contributed by atoms with Gasteiger partial charge in [-0.2, -0.15) is 0 Å². The van der Waals surface area contributed by atoms with Gasteiger partial charge in [0.25, 0.3) is 0 Å². The number of aromatic hydroxyl groups is 1. The Balaban J connectivity index is 1.27. The number of phenols is 1. The van der Waals surface area contributed by atoms with Crippen LogP contribution in [0, 0.1) is 0 Å². The van der Waals surface area contributed by atoms with Gasteiger partial charge in [0.15, 0.2) is 0 Å². The summed E-state index contributed by atoms with van der Waals surface area (Å²) in [5, 5.41) is 17.8. The normalized spacial score (nSPS) is 11.6. The van der Waals surface area contributed by atoms with Gasteiger partial charge in [-0.05, 0) is 69.1 Å². The highest BCUT2D eigenvalue weighted by atomic mass is 32.1. The van der Waals surface area contributed by atoms with E-state index in [0.29, 0.717) is 5.52 Å². The number of rotatable bonds is 3. The number of phenolic OH excluding ortho intramolecular Hbond substituents is 1. The molecule has 8 rings (SSSR count). The number of nitrogens with zero attached hydrogens (tertiary/aromatic N) is 2. The van der Waals surface area contributed by atoms with Gasteiger partial charge in [-0.25, -0.2) is 4.98 Å². The standard InChI is InChI=1S/C36H22N2OS/c39-35-30(18-15-23-7-5-19-37-34(23)35)33-28-8-2-1-6-26(28)21-27-20-25(16-17-29(27)33)22-11-13-24(14-12-22)36-38-31-9-3-4-10-32(31)40-36/h1-21,39H. The number of aromatic nitrogens is 2. The molecule has 0 aliphatic carbocycles. The van der Waals surface area contributed by atoms with Crippen LogP contribution in [0.5, 0.6) is 5.75 Å². The predicted octanol–water partition coefficient (Wildman–Crippen LogP) is 9.86. The Bertz CT molecular complexity index is 2200. The Hall–Kier alpha value is -5.06. The van der Waals surface area contributed by atoms with E-state index in [0.717, 1.165) is 65.3 Å². The van der Waals surface area contributed by atoms with Gasteiger partial charge in [-0.3, -0.25) is 4.98 Å². The van der Waals surface area contributed by atoms with Crippen molar-refractivity contribution in [3.63, 3.8) is 0 Å². The molecule has 188 valence electrons. The average molecular weight is 531 g/mol. The summed E-state index contributed by atoms with van der Waals surface area (Å²) in [5.41, 5.74) is 6.90. The Morgan fingerprint density at radius 3 is 2.23 bits per heavy atom. The second-order valence-corrected chi connectivity index (χ2v) is 11.0. The molecule has 3 nitrogen and oxygen atoms in total. The molecule has 4 heteroatoms. The van der Waals surface area contributed by atoms with Gasteiger partial charge in [0.05, 0.1) is 10.2 Å². The summed E-state index contributed by atoms with van der Waals surface area (Å²) < 4.78 is 1.20. The van der Waals surface area contributed by atoms with E-state index >= 15 is 0 Å². The highest BCUT2D eigenvalue weighted by Crippen LogP contribution is 2.43. The van der Waals surface area contributed by atoms with Gasteiger partial charge in [-0.1, -0.05) is 84.9 Å². The molecule has 0 spiro atoms. The molecule has 8 aromatic rings. The quantitative estimate of drug-likeness (QED) is 0.231. The third-order valence-electron chi connectivity index (χ3n) is 7.64. The van der Waals surface area contributed by atoms with Gasteiger partial charge in [0.1, 0.15) is 16.3 Å². The van der Waals surface area contributed by atoms with Crippen LogP contribution in [0.2, 0.25) is 0 Å². The zero-order valence-electron chi connectivity index (χ0n) is 21.4. The molecule has 0 atom stereocenters. The lowest BCUT2D eigenvalue weighted by Crippen LogP contribution is -1.89. The van der Waals surface area contributed by atoms with Gasteiger partial charge >= 0.3 is 0 Å². The molecule has 0 bridgehead atoms. The Morgan fingerprint density at radius 1 is 0.575 bits per heavy atom. The van der Waals surface area contributed by atoms with Crippen LogP contribution in [0.15, 0.2) is 128 Å². The lowest BCUT2D eigenvalue weighted by Gasteiger charge is -2.15. The fourth-order valence-corrected chi connectivity index (χ4v) is 6.65. The minimum atomic E-state index is 0.213. The largest absolute Gasteiger partial charge is 0.505 e. The maximum absolute atomic E-state index is 11.4. The molecular weight excluding hydrogens is 508 g/mol. The first-order valence-electron chi connectivity index (χ1n) is 13.2. The summed E-state index contributed by atoms with van der Waals surface area (Å²) in [6.45, 7) is 0. The van der Waals surface area contributed by atoms with E-state index in [4.69, 9.17) is 4.98 Å². The number of hydrogen-bond acceptors (Lipinski definition) is 4. The van der Waals surface area contributed by atoms with E-state index in [-0.39, 0.29) is 5.75 Å². The third-order valence-corrected chi connectivity index (χ3v) is 8.72. The van der Waals surface area contributed by atoms with Crippen LogP contribution >= 0.6 is 11.3 Å². The average Bonchev–Trinajstić information content (AvgIpc) is 3.45. The minimum absolute atomic E-state index is 0.213. The van der Waals surface area contributed by atoms with Gasteiger partial charge in [-0.15, -0.1) is 11.3 Å². The van der Waals surface area contributed by atoms with Crippen molar-refractivity contribution in [2.24, 2.45) is 0 Å². The molecule has 0 amide bonds. The zero-order valence-corrected chi connectivity index (χ0v) is 22.2. The number of pyridine rings is 1. The Kier molecular flexibility index (Phi) is 5.15. The van der Waals surface area contributed by atoms with Crippen molar-refractivity contribution in [2.75, 3.05) is 0 Å². The second-order valence-electron chi connectivity index (χ2n) is 10.0. The molecule has 0 aliphatic heterocycles. The first kappa shape index (κ1) is 22.9. The predicted molar refractivity (Wildman–Crippen MR) is 168 cm³/mol. The van der Waals surface area contributed by atoms with Crippen molar-refractivity contribution in [3.8, 4) is 38.6 Å². The number of benzene rings is 6. The van der Waals surface area contributed by atoms with E-state index in [2.05, 4.69) is 96.0 Å². The maximum Gasteiger partial charge on any atom is 0.149 e. The molecule has 1 N–H and O–H groups in total. The lowest BCUT2D eigenvalue weighted by atomic mass is 9.89. The van der Waals surface area contributed by atoms with Crippen LogP contribution in [0.25, 0.3) is 75.5 Å². The number of fused-ring (bicyclic) bond motifs is 4. The molecular formula is C36H22N2OS. The van der Waals surface area contributed by atoms with Crippen molar-refractivity contribution in [2.45, 2.75) is 0 Å². The Labute approximate surface area is 234 Å². The van der Waals surface area contributed by atoms with Crippen molar-refractivity contribution in [3.05, 3.63) is 128 Å². The molecule has 0 radical (unpaired) electrons. The van der Waals surface area contributed by atoms with Gasteiger partial charge in [0, 0.05) is 28.3 Å². The zero-order chi connectivity index (χ0) is 26.6. The first-order chi connectivity index (χ1) is 19.7. The van der Waals surface area contributed by atoms with Crippen LogP contribution in [-0.4, -0.2) is 15.1 Å². The summed E-state index contributed by atoms with van der Waals surface area (Å²) in [6, 6.07) is 42.0. The van der Waals surface area contributed by atoms with Crippen LogP contribution in [0.4, 0.5) is 0 Å². The number of hydrogen-bond donors (Lipinski definition) is 1. The second kappa shape index (κ2) is 9.01. The lowest BCUT2D eigenvalue weighted by molar-refractivity contribution is 0.482. The number of thiazole rings is 1. The fourth-order valence-electron chi connectivity index (χ4n) is 5.68. The summed E-state index contributed by atoms with van der Waals surface area (Å²) in [6.07, 6.45) is 1.72. The van der Waals surface area contributed by atoms with E-state index in [1.165, 1.54) is 4.70 Å². The summed E-state index contributed by atoms with van der Waals surface area (Å²) in [5.74, 6) is 0.213. The molecule has 0 unspecified atom stereocenters.